The van der Waals surface area contributed by atoms with Gasteiger partial charge in [-0.1, -0.05) is 50.1 Å². The Labute approximate surface area is 141 Å². The Hall–Kier alpha value is -1.20. The van der Waals surface area contributed by atoms with E-state index in [-0.39, 0.29) is 4.83 Å². The van der Waals surface area contributed by atoms with Gasteiger partial charge in [0.15, 0.2) is 11.5 Å². The summed E-state index contributed by atoms with van der Waals surface area (Å²) in [4.78, 5) is -0.0252. The minimum atomic E-state index is -0.0252. The number of halogens is 2. The first-order chi connectivity index (χ1) is 10.1. The predicted octanol–water partition coefficient (Wildman–Crippen LogP) is 4.96. The second-order valence-corrected chi connectivity index (χ2v) is 6.08. The molecule has 3 nitrogen and oxygen atoms in total. The van der Waals surface area contributed by atoms with Gasteiger partial charge in [0.25, 0.3) is 0 Å². The molecule has 1 atom stereocenters. The number of ether oxygens (including phenoxy) is 3. The summed E-state index contributed by atoms with van der Waals surface area (Å²) in [6, 6.07) is 11.9. The van der Waals surface area contributed by atoms with E-state index >= 15 is 0 Å². The van der Waals surface area contributed by atoms with Crippen molar-refractivity contribution in [3.05, 3.63) is 52.0 Å². The number of rotatable bonds is 5. The van der Waals surface area contributed by atoms with Crippen molar-refractivity contribution in [2.24, 2.45) is 0 Å². The lowest BCUT2D eigenvalue weighted by molar-refractivity contribution is 0.322. The zero-order valence-corrected chi connectivity index (χ0v) is 15.2. The van der Waals surface area contributed by atoms with Crippen LogP contribution in [0, 0.1) is 0 Å². The topological polar surface area (TPSA) is 27.7 Å². The SMILES string of the molecule is COc1ccc(C(Br)c2ccccc2Br)c(OC)c1OC. The first-order valence-electron chi connectivity index (χ1n) is 6.31. The molecule has 0 saturated carbocycles. The van der Waals surface area contributed by atoms with E-state index in [0.717, 1.165) is 15.6 Å². The third-order valence-electron chi connectivity index (χ3n) is 3.19. The molecule has 112 valence electrons. The highest BCUT2D eigenvalue weighted by atomic mass is 79.9. The lowest BCUT2D eigenvalue weighted by atomic mass is 10.0. The average molecular weight is 416 g/mol. The fourth-order valence-electron chi connectivity index (χ4n) is 2.17. The molecule has 0 aromatic heterocycles. The van der Waals surface area contributed by atoms with Gasteiger partial charge in [-0.3, -0.25) is 0 Å². The summed E-state index contributed by atoms with van der Waals surface area (Å²) in [5.41, 5.74) is 2.09. The van der Waals surface area contributed by atoms with Crippen LogP contribution in [0.4, 0.5) is 0 Å². The van der Waals surface area contributed by atoms with Gasteiger partial charge in [-0.2, -0.15) is 0 Å². The van der Waals surface area contributed by atoms with Gasteiger partial charge in [0, 0.05) is 10.0 Å². The molecule has 5 heteroatoms. The largest absolute Gasteiger partial charge is 0.493 e. The van der Waals surface area contributed by atoms with E-state index in [1.165, 1.54) is 0 Å². The van der Waals surface area contributed by atoms with E-state index in [1.807, 2.05) is 30.3 Å². The summed E-state index contributed by atoms with van der Waals surface area (Å²) in [5.74, 6) is 1.90. The van der Waals surface area contributed by atoms with E-state index in [4.69, 9.17) is 14.2 Å². The Morgan fingerprint density at radius 3 is 2.05 bits per heavy atom. The smallest absolute Gasteiger partial charge is 0.203 e. The van der Waals surface area contributed by atoms with Crippen LogP contribution in [0.25, 0.3) is 0 Å². The maximum atomic E-state index is 5.54. The highest BCUT2D eigenvalue weighted by molar-refractivity contribution is 9.11. The zero-order valence-electron chi connectivity index (χ0n) is 12.0. The molecule has 0 fully saturated rings. The molecule has 0 bridgehead atoms. The fourth-order valence-corrected chi connectivity index (χ4v) is 3.75. The number of hydrogen-bond donors (Lipinski definition) is 0. The molecule has 0 aliphatic carbocycles. The molecule has 0 aliphatic rings. The monoisotopic (exact) mass is 414 g/mol. The zero-order chi connectivity index (χ0) is 15.4. The molecule has 0 spiro atoms. The van der Waals surface area contributed by atoms with Gasteiger partial charge >= 0.3 is 0 Å². The highest BCUT2D eigenvalue weighted by Gasteiger charge is 2.22. The van der Waals surface area contributed by atoms with Crippen molar-refractivity contribution < 1.29 is 14.2 Å². The van der Waals surface area contributed by atoms with Crippen LogP contribution in [0.1, 0.15) is 16.0 Å². The van der Waals surface area contributed by atoms with Crippen LogP contribution in [0.3, 0.4) is 0 Å². The Bertz CT molecular complexity index is 629. The highest BCUT2D eigenvalue weighted by Crippen LogP contribution is 2.47. The quantitative estimate of drug-likeness (QED) is 0.646. The van der Waals surface area contributed by atoms with Gasteiger partial charge in [-0.25, -0.2) is 0 Å². The standard InChI is InChI=1S/C16H16Br2O3/c1-19-13-9-8-11(15(20-2)16(13)21-3)14(18)10-6-4-5-7-12(10)17/h4-9,14H,1-3H3. The molecule has 0 heterocycles. The molecular weight excluding hydrogens is 400 g/mol. The van der Waals surface area contributed by atoms with Gasteiger partial charge in [-0.15, -0.1) is 0 Å². The van der Waals surface area contributed by atoms with Crippen LogP contribution < -0.4 is 14.2 Å². The van der Waals surface area contributed by atoms with Crippen molar-refractivity contribution in [2.45, 2.75) is 4.83 Å². The van der Waals surface area contributed by atoms with E-state index in [2.05, 4.69) is 37.9 Å². The van der Waals surface area contributed by atoms with Crippen LogP contribution in [-0.4, -0.2) is 21.3 Å². The summed E-state index contributed by atoms with van der Waals surface area (Å²) in [7, 11) is 4.84. The normalized spacial score (nSPS) is 11.9. The van der Waals surface area contributed by atoms with Crippen LogP contribution in [0.5, 0.6) is 17.2 Å². The van der Waals surface area contributed by atoms with Crippen molar-refractivity contribution >= 4 is 31.9 Å². The summed E-state index contributed by atoms with van der Waals surface area (Å²) in [5, 5.41) is 0. The summed E-state index contributed by atoms with van der Waals surface area (Å²) >= 11 is 7.32. The van der Waals surface area contributed by atoms with Gasteiger partial charge in [0.1, 0.15) is 0 Å². The van der Waals surface area contributed by atoms with E-state index in [0.29, 0.717) is 17.2 Å². The maximum absolute atomic E-state index is 5.54. The number of alkyl halides is 1. The van der Waals surface area contributed by atoms with Crippen LogP contribution in [-0.2, 0) is 0 Å². The minimum absolute atomic E-state index is 0.0252. The van der Waals surface area contributed by atoms with Crippen LogP contribution in [0.15, 0.2) is 40.9 Å². The molecule has 0 saturated heterocycles. The Morgan fingerprint density at radius 2 is 1.48 bits per heavy atom. The van der Waals surface area contributed by atoms with Gasteiger partial charge in [0.2, 0.25) is 5.75 Å². The van der Waals surface area contributed by atoms with Crippen molar-refractivity contribution in [3.63, 3.8) is 0 Å². The first-order valence-corrected chi connectivity index (χ1v) is 8.02. The van der Waals surface area contributed by atoms with E-state index in [1.54, 1.807) is 21.3 Å². The number of benzene rings is 2. The molecule has 2 rings (SSSR count). The summed E-state index contributed by atoms with van der Waals surface area (Å²) in [6.45, 7) is 0. The second kappa shape index (κ2) is 7.18. The third kappa shape index (κ3) is 3.19. The van der Waals surface area contributed by atoms with Crippen molar-refractivity contribution in [3.8, 4) is 17.2 Å². The molecule has 0 radical (unpaired) electrons. The third-order valence-corrected chi connectivity index (χ3v) is 4.89. The molecule has 0 aliphatic heterocycles. The molecule has 1 unspecified atom stereocenters. The van der Waals surface area contributed by atoms with E-state index < -0.39 is 0 Å². The Balaban J connectivity index is 2.56. The summed E-state index contributed by atoms with van der Waals surface area (Å²) in [6.07, 6.45) is 0. The van der Waals surface area contributed by atoms with Crippen molar-refractivity contribution in [1.29, 1.82) is 0 Å². The Kier molecular flexibility index (Phi) is 5.53. The fraction of sp³-hybridized carbons (Fsp3) is 0.250. The van der Waals surface area contributed by atoms with Gasteiger partial charge in [-0.05, 0) is 23.8 Å². The summed E-state index contributed by atoms with van der Waals surface area (Å²) < 4.78 is 17.3. The first kappa shape index (κ1) is 16.2. The molecule has 2 aromatic rings. The predicted molar refractivity (Wildman–Crippen MR) is 91.0 cm³/mol. The van der Waals surface area contributed by atoms with Crippen LogP contribution in [0.2, 0.25) is 0 Å². The van der Waals surface area contributed by atoms with Crippen molar-refractivity contribution in [2.75, 3.05) is 21.3 Å². The minimum Gasteiger partial charge on any atom is -0.493 e. The molecule has 0 N–H and O–H groups in total. The lowest BCUT2D eigenvalue weighted by Crippen LogP contribution is -2.02. The molecule has 0 amide bonds. The molecule has 21 heavy (non-hydrogen) atoms. The van der Waals surface area contributed by atoms with Gasteiger partial charge in [0.05, 0.1) is 26.2 Å². The van der Waals surface area contributed by atoms with E-state index in [9.17, 15) is 0 Å². The lowest BCUT2D eigenvalue weighted by Gasteiger charge is -2.19. The Morgan fingerprint density at radius 1 is 0.810 bits per heavy atom. The average Bonchev–Trinajstić information content (AvgIpc) is 2.52. The van der Waals surface area contributed by atoms with Crippen LogP contribution >= 0.6 is 31.9 Å². The number of methoxy groups -OCH3 is 3. The van der Waals surface area contributed by atoms with Crippen molar-refractivity contribution in [1.82, 2.24) is 0 Å². The molecule has 2 aromatic carbocycles. The second-order valence-electron chi connectivity index (χ2n) is 4.31. The number of hydrogen-bond acceptors (Lipinski definition) is 3. The van der Waals surface area contributed by atoms with Gasteiger partial charge < -0.3 is 14.2 Å². The molecular formula is C16H16Br2O3. The maximum Gasteiger partial charge on any atom is 0.203 e.